The molecule has 0 atom stereocenters. The summed E-state index contributed by atoms with van der Waals surface area (Å²) in [4.78, 5) is 4.48. The normalized spacial score (nSPS) is 15.8. The van der Waals surface area contributed by atoms with Crippen LogP contribution in [0.5, 0.6) is 0 Å². The zero-order valence-electron chi connectivity index (χ0n) is 10.5. The number of aromatic nitrogens is 4. The topological polar surface area (TPSA) is 56.7 Å². The van der Waals surface area contributed by atoms with Crippen LogP contribution in [-0.2, 0) is 6.54 Å². The van der Waals surface area contributed by atoms with E-state index >= 15 is 0 Å². The Hall–Kier alpha value is -2.17. The zero-order chi connectivity index (χ0) is 12.7. The molecule has 19 heavy (non-hydrogen) atoms. The second-order valence-corrected chi connectivity index (χ2v) is 5.04. The first-order valence-corrected chi connectivity index (χ1v) is 6.63. The van der Waals surface area contributed by atoms with E-state index in [1.807, 2.05) is 35.1 Å². The van der Waals surface area contributed by atoms with Gasteiger partial charge in [-0.3, -0.25) is 4.68 Å². The first-order chi connectivity index (χ1) is 9.40. The second-order valence-electron chi connectivity index (χ2n) is 5.04. The van der Waals surface area contributed by atoms with Crippen LogP contribution in [0.2, 0.25) is 0 Å². The summed E-state index contributed by atoms with van der Waals surface area (Å²) in [6, 6.07) is 8.11. The van der Waals surface area contributed by atoms with Gasteiger partial charge in [0.15, 0.2) is 5.82 Å². The Morgan fingerprint density at radius 1 is 1.26 bits per heavy atom. The molecular weight excluding hydrogens is 240 g/mol. The molecular formula is C14H14N4O. The Balaban J connectivity index is 1.61. The summed E-state index contributed by atoms with van der Waals surface area (Å²) in [6.45, 7) is 0.535. The number of nitrogens with zero attached hydrogens (tertiary/aromatic N) is 4. The van der Waals surface area contributed by atoms with Crippen LogP contribution < -0.4 is 0 Å². The average molecular weight is 254 g/mol. The van der Waals surface area contributed by atoms with E-state index in [1.54, 1.807) is 0 Å². The predicted octanol–water partition coefficient (Wildman–Crippen LogP) is 2.74. The summed E-state index contributed by atoms with van der Waals surface area (Å²) in [7, 11) is 0. The Labute approximate surface area is 110 Å². The lowest BCUT2D eigenvalue weighted by Gasteiger charge is -2.20. The highest BCUT2D eigenvalue weighted by Crippen LogP contribution is 2.34. The quantitative estimate of drug-likeness (QED) is 0.721. The number of hydrogen-bond donors (Lipinski definition) is 0. The molecule has 5 heteroatoms. The van der Waals surface area contributed by atoms with Crippen LogP contribution in [0.3, 0.4) is 0 Å². The van der Waals surface area contributed by atoms with Gasteiger partial charge in [-0.15, -0.1) is 0 Å². The second kappa shape index (κ2) is 4.19. The van der Waals surface area contributed by atoms with Crippen molar-refractivity contribution in [2.75, 3.05) is 0 Å². The van der Waals surface area contributed by atoms with Crippen molar-refractivity contribution in [3.05, 3.63) is 42.2 Å². The number of para-hydroxylation sites is 1. The highest BCUT2D eigenvalue weighted by molar-refractivity contribution is 5.78. The largest absolute Gasteiger partial charge is 0.337 e. The number of fused-ring (bicyclic) bond motifs is 1. The fourth-order valence-corrected chi connectivity index (χ4v) is 2.44. The molecule has 0 aliphatic heterocycles. The molecule has 3 aromatic rings. The van der Waals surface area contributed by atoms with E-state index < -0.39 is 0 Å². The monoisotopic (exact) mass is 254 g/mol. The van der Waals surface area contributed by atoms with Gasteiger partial charge in [0.2, 0.25) is 5.89 Å². The molecule has 0 unspecified atom stereocenters. The van der Waals surface area contributed by atoms with E-state index in [4.69, 9.17) is 4.52 Å². The predicted molar refractivity (Wildman–Crippen MR) is 69.7 cm³/mol. The molecule has 1 fully saturated rings. The molecule has 2 heterocycles. The van der Waals surface area contributed by atoms with E-state index in [2.05, 4.69) is 15.2 Å². The minimum atomic E-state index is 0.506. The molecule has 96 valence electrons. The molecule has 0 bridgehead atoms. The molecule has 1 aliphatic carbocycles. The molecule has 0 N–H and O–H groups in total. The van der Waals surface area contributed by atoms with Gasteiger partial charge in [-0.25, -0.2) is 0 Å². The summed E-state index contributed by atoms with van der Waals surface area (Å²) in [5.74, 6) is 2.00. The lowest BCUT2D eigenvalue weighted by atomic mass is 9.85. The molecule has 0 spiro atoms. The average Bonchev–Trinajstić information content (AvgIpc) is 2.96. The van der Waals surface area contributed by atoms with E-state index in [1.165, 1.54) is 19.3 Å². The first-order valence-electron chi connectivity index (χ1n) is 6.63. The summed E-state index contributed by atoms with van der Waals surface area (Å²) >= 11 is 0. The van der Waals surface area contributed by atoms with Crippen LogP contribution in [0, 0.1) is 0 Å². The standard InChI is InChI=1S/C14H14N4O/c1-2-7-12-11(4-1)8-15-18(12)9-13-16-14(17-19-13)10-5-3-6-10/h1-2,4,7-8,10H,3,5-6,9H2. The van der Waals surface area contributed by atoms with Crippen molar-refractivity contribution in [1.82, 2.24) is 19.9 Å². The van der Waals surface area contributed by atoms with Crippen molar-refractivity contribution < 1.29 is 4.52 Å². The van der Waals surface area contributed by atoms with Crippen LogP contribution in [0.25, 0.3) is 10.9 Å². The van der Waals surface area contributed by atoms with E-state index in [-0.39, 0.29) is 0 Å². The van der Waals surface area contributed by atoms with Gasteiger partial charge in [0.25, 0.3) is 0 Å². The lowest BCUT2D eigenvalue weighted by molar-refractivity contribution is 0.342. The summed E-state index contributed by atoms with van der Waals surface area (Å²) in [5, 5.41) is 9.57. The number of benzene rings is 1. The van der Waals surface area contributed by atoms with Crippen molar-refractivity contribution >= 4 is 10.9 Å². The van der Waals surface area contributed by atoms with Crippen molar-refractivity contribution in [1.29, 1.82) is 0 Å². The van der Waals surface area contributed by atoms with E-state index in [9.17, 15) is 0 Å². The van der Waals surface area contributed by atoms with E-state index in [0.717, 1.165) is 16.7 Å². The third-order valence-electron chi connectivity index (χ3n) is 3.79. The van der Waals surface area contributed by atoms with Gasteiger partial charge in [-0.2, -0.15) is 10.1 Å². The molecule has 1 saturated carbocycles. The Kier molecular flexibility index (Phi) is 2.36. The van der Waals surface area contributed by atoms with Gasteiger partial charge in [0.05, 0.1) is 11.7 Å². The minimum absolute atomic E-state index is 0.506. The molecule has 0 radical (unpaired) electrons. The molecule has 1 aliphatic rings. The van der Waals surface area contributed by atoms with Gasteiger partial charge >= 0.3 is 0 Å². The first kappa shape index (κ1) is 10.7. The Morgan fingerprint density at radius 2 is 2.16 bits per heavy atom. The van der Waals surface area contributed by atoms with Crippen LogP contribution >= 0.6 is 0 Å². The Morgan fingerprint density at radius 3 is 3.00 bits per heavy atom. The van der Waals surface area contributed by atoms with Crippen LogP contribution in [0.15, 0.2) is 35.0 Å². The molecule has 5 nitrogen and oxygen atoms in total. The maximum absolute atomic E-state index is 5.32. The van der Waals surface area contributed by atoms with E-state index in [0.29, 0.717) is 18.4 Å². The lowest BCUT2D eigenvalue weighted by Crippen LogP contribution is -2.10. The highest BCUT2D eigenvalue weighted by atomic mass is 16.5. The van der Waals surface area contributed by atoms with Crippen molar-refractivity contribution in [2.24, 2.45) is 0 Å². The van der Waals surface area contributed by atoms with Crippen molar-refractivity contribution in [3.63, 3.8) is 0 Å². The number of hydrogen-bond acceptors (Lipinski definition) is 4. The zero-order valence-corrected chi connectivity index (χ0v) is 10.5. The maximum atomic E-state index is 5.32. The van der Waals surface area contributed by atoms with Crippen molar-refractivity contribution in [3.8, 4) is 0 Å². The summed E-state index contributed by atoms with van der Waals surface area (Å²) < 4.78 is 7.22. The van der Waals surface area contributed by atoms with Gasteiger partial charge in [-0.1, -0.05) is 29.8 Å². The smallest absolute Gasteiger partial charge is 0.248 e. The molecule has 2 aromatic heterocycles. The van der Waals surface area contributed by atoms with Gasteiger partial charge < -0.3 is 4.52 Å². The highest BCUT2D eigenvalue weighted by Gasteiger charge is 2.24. The molecule has 4 rings (SSSR count). The SMILES string of the molecule is c1ccc2c(c1)cnn2Cc1nc(C2CCC2)no1. The van der Waals surface area contributed by atoms with Crippen molar-refractivity contribution in [2.45, 2.75) is 31.7 Å². The van der Waals surface area contributed by atoms with Crippen LogP contribution in [-0.4, -0.2) is 19.9 Å². The molecule has 0 amide bonds. The Bertz CT molecular complexity index is 711. The molecule has 1 aromatic carbocycles. The summed E-state index contributed by atoms with van der Waals surface area (Å²) in [6.07, 6.45) is 5.50. The third-order valence-corrected chi connectivity index (χ3v) is 3.79. The molecule has 0 saturated heterocycles. The third kappa shape index (κ3) is 1.82. The van der Waals surface area contributed by atoms with Crippen LogP contribution in [0.1, 0.15) is 36.9 Å². The summed E-state index contributed by atoms with van der Waals surface area (Å²) in [5.41, 5.74) is 1.09. The maximum Gasteiger partial charge on any atom is 0.248 e. The van der Waals surface area contributed by atoms with Gasteiger partial charge in [0, 0.05) is 11.3 Å². The fraction of sp³-hybridized carbons (Fsp3) is 0.357. The van der Waals surface area contributed by atoms with Gasteiger partial charge in [0.1, 0.15) is 6.54 Å². The van der Waals surface area contributed by atoms with Gasteiger partial charge in [-0.05, 0) is 18.9 Å². The van der Waals surface area contributed by atoms with Crippen LogP contribution in [0.4, 0.5) is 0 Å². The minimum Gasteiger partial charge on any atom is -0.337 e. The fourth-order valence-electron chi connectivity index (χ4n) is 2.44. The number of rotatable bonds is 3.